The number of aromatic carboxylic acids is 1. The van der Waals surface area contributed by atoms with Gasteiger partial charge in [0.15, 0.2) is 0 Å². The van der Waals surface area contributed by atoms with Crippen molar-refractivity contribution in [3.05, 3.63) is 28.2 Å². The molecule has 1 saturated heterocycles. The van der Waals surface area contributed by atoms with Crippen molar-refractivity contribution in [2.24, 2.45) is 11.8 Å². The van der Waals surface area contributed by atoms with Crippen molar-refractivity contribution in [3.8, 4) is 0 Å². The number of nitrogens with zero attached hydrogens (tertiary/aromatic N) is 1. The molecule has 0 aromatic heterocycles. The van der Waals surface area contributed by atoms with E-state index in [9.17, 15) is 19.5 Å². The second-order valence-corrected chi connectivity index (χ2v) is 6.32. The molecule has 6 heteroatoms. The van der Waals surface area contributed by atoms with Gasteiger partial charge in [-0.05, 0) is 46.5 Å². The van der Waals surface area contributed by atoms with Gasteiger partial charge in [0, 0.05) is 4.47 Å². The van der Waals surface area contributed by atoms with E-state index in [0.717, 1.165) is 30.6 Å². The minimum atomic E-state index is -1.33. The monoisotopic (exact) mass is 350 g/mol. The van der Waals surface area contributed by atoms with E-state index in [1.165, 1.54) is 18.2 Å². The summed E-state index contributed by atoms with van der Waals surface area (Å²) < 4.78 is 0.521. The molecule has 21 heavy (non-hydrogen) atoms. The van der Waals surface area contributed by atoms with Gasteiger partial charge < -0.3 is 9.90 Å². The molecule has 1 saturated carbocycles. The van der Waals surface area contributed by atoms with E-state index >= 15 is 0 Å². The van der Waals surface area contributed by atoms with Gasteiger partial charge in [0.05, 0.1) is 23.5 Å². The Morgan fingerprint density at radius 2 is 1.71 bits per heavy atom. The van der Waals surface area contributed by atoms with Gasteiger partial charge in [0.2, 0.25) is 11.8 Å². The highest BCUT2D eigenvalue weighted by molar-refractivity contribution is 9.10. The lowest BCUT2D eigenvalue weighted by molar-refractivity contribution is -0.255. The molecule has 2 amide bonds. The molecule has 2 atom stereocenters. The molecule has 1 aromatic carbocycles. The van der Waals surface area contributed by atoms with Gasteiger partial charge >= 0.3 is 0 Å². The van der Waals surface area contributed by atoms with Gasteiger partial charge in [-0.2, -0.15) is 0 Å². The van der Waals surface area contributed by atoms with E-state index in [-0.39, 0.29) is 29.2 Å². The first kappa shape index (κ1) is 14.3. The standard InChI is InChI=1S/C15H14BrNO4/c16-11-6-5-8(15(20)21)7-12(11)17-13(18)9-3-1-2-4-10(9)14(17)19/h5-7,9-10H,1-4H2,(H,20,21)/p-1. The zero-order valence-corrected chi connectivity index (χ0v) is 12.8. The molecule has 5 nitrogen and oxygen atoms in total. The highest BCUT2D eigenvalue weighted by Gasteiger charge is 2.49. The van der Waals surface area contributed by atoms with Crippen LogP contribution in [0.1, 0.15) is 36.0 Å². The predicted octanol–water partition coefficient (Wildman–Crippen LogP) is 1.49. The number of anilines is 1. The van der Waals surface area contributed by atoms with E-state index in [1.54, 1.807) is 0 Å². The summed E-state index contributed by atoms with van der Waals surface area (Å²) in [5.74, 6) is -2.29. The van der Waals surface area contributed by atoms with Gasteiger partial charge in [-0.3, -0.25) is 9.59 Å². The summed E-state index contributed by atoms with van der Waals surface area (Å²) in [5.41, 5.74) is 0.241. The van der Waals surface area contributed by atoms with Gasteiger partial charge in [-0.1, -0.05) is 18.9 Å². The van der Waals surface area contributed by atoms with Crippen molar-refractivity contribution in [1.29, 1.82) is 0 Å². The molecule has 3 rings (SSSR count). The van der Waals surface area contributed by atoms with Crippen LogP contribution in [0.5, 0.6) is 0 Å². The smallest absolute Gasteiger partial charge is 0.237 e. The van der Waals surface area contributed by atoms with Crippen molar-refractivity contribution >= 4 is 39.4 Å². The van der Waals surface area contributed by atoms with Crippen molar-refractivity contribution < 1.29 is 19.5 Å². The van der Waals surface area contributed by atoms with Crippen LogP contribution in [0.4, 0.5) is 5.69 Å². The fraction of sp³-hybridized carbons (Fsp3) is 0.400. The Morgan fingerprint density at radius 1 is 1.14 bits per heavy atom. The van der Waals surface area contributed by atoms with Crippen molar-refractivity contribution in [2.75, 3.05) is 4.90 Å². The SMILES string of the molecule is O=C([O-])c1ccc(Br)c(N2C(=O)C3CCCCC3C2=O)c1. The predicted molar refractivity (Wildman–Crippen MR) is 76.4 cm³/mol. The third-order valence-electron chi connectivity index (χ3n) is 4.26. The first-order chi connectivity index (χ1) is 10.0. The molecule has 1 aliphatic carbocycles. The van der Waals surface area contributed by atoms with E-state index in [0.29, 0.717) is 10.2 Å². The lowest BCUT2D eigenvalue weighted by Crippen LogP contribution is -2.32. The fourth-order valence-electron chi connectivity index (χ4n) is 3.21. The molecule has 2 unspecified atom stereocenters. The van der Waals surface area contributed by atoms with E-state index < -0.39 is 5.97 Å². The van der Waals surface area contributed by atoms with E-state index in [4.69, 9.17) is 0 Å². The maximum Gasteiger partial charge on any atom is 0.237 e. The lowest BCUT2D eigenvalue weighted by atomic mass is 9.81. The molecule has 2 aliphatic rings. The third kappa shape index (κ3) is 2.27. The highest BCUT2D eigenvalue weighted by atomic mass is 79.9. The molecule has 110 valence electrons. The average molecular weight is 351 g/mol. The number of carboxylic acids is 1. The van der Waals surface area contributed by atoms with E-state index in [1.807, 2.05) is 0 Å². The summed E-state index contributed by atoms with van der Waals surface area (Å²) in [6.07, 6.45) is 3.36. The largest absolute Gasteiger partial charge is 0.545 e. The van der Waals surface area contributed by atoms with Gasteiger partial charge in [-0.25, -0.2) is 4.90 Å². The van der Waals surface area contributed by atoms with Crippen molar-refractivity contribution in [2.45, 2.75) is 25.7 Å². The topological polar surface area (TPSA) is 77.5 Å². The number of benzene rings is 1. The summed E-state index contributed by atoms with van der Waals surface area (Å²) in [7, 11) is 0. The normalized spacial score (nSPS) is 25.1. The molecule has 2 fully saturated rings. The van der Waals surface area contributed by atoms with Crippen LogP contribution in [0.2, 0.25) is 0 Å². The Labute approximate surface area is 130 Å². The zero-order chi connectivity index (χ0) is 15.1. The highest BCUT2D eigenvalue weighted by Crippen LogP contribution is 2.42. The Hall–Kier alpha value is -1.69. The average Bonchev–Trinajstić information content (AvgIpc) is 2.72. The number of imide groups is 1. The third-order valence-corrected chi connectivity index (χ3v) is 4.93. The number of carbonyl (C=O) groups is 3. The molecule has 0 N–H and O–H groups in total. The first-order valence-corrected chi connectivity index (χ1v) is 7.68. The molecular formula is C15H13BrNO4-. The van der Waals surface area contributed by atoms with Crippen LogP contribution >= 0.6 is 15.9 Å². The summed E-state index contributed by atoms with van der Waals surface area (Å²) in [5, 5.41) is 11.0. The molecule has 0 bridgehead atoms. The van der Waals surface area contributed by atoms with Crippen LogP contribution in [0.3, 0.4) is 0 Å². The number of carboxylic acid groups (broad SMARTS) is 1. The lowest BCUT2D eigenvalue weighted by Gasteiger charge is -2.19. The first-order valence-electron chi connectivity index (χ1n) is 6.89. The number of amides is 2. The Kier molecular flexibility index (Phi) is 3.57. The summed E-state index contributed by atoms with van der Waals surface area (Å²) in [6, 6.07) is 4.20. The van der Waals surface area contributed by atoms with Gasteiger partial charge in [0.25, 0.3) is 0 Å². The molecular weight excluding hydrogens is 338 g/mol. The molecule has 0 radical (unpaired) electrons. The minimum Gasteiger partial charge on any atom is -0.545 e. The number of hydrogen-bond acceptors (Lipinski definition) is 4. The van der Waals surface area contributed by atoms with Crippen LogP contribution < -0.4 is 10.0 Å². The van der Waals surface area contributed by atoms with Gasteiger partial charge in [0.1, 0.15) is 0 Å². The summed E-state index contributed by atoms with van der Waals surface area (Å²) >= 11 is 3.28. The Balaban J connectivity index is 2.04. The van der Waals surface area contributed by atoms with Crippen LogP contribution in [0.15, 0.2) is 22.7 Å². The van der Waals surface area contributed by atoms with Crippen LogP contribution in [0, 0.1) is 11.8 Å². The maximum atomic E-state index is 12.5. The summed E-state index contributed by atoms with van der Waals surface area (Å²) in [4.78, 5) is 37.1. The maximum absolute atomic E-state index is 12.5. The number of halogens is 1. The molecule has 1 aromatic rings. The molecule has 1 heterocycles. The van der Waals surface area contributed by atoms with Crippen LogP contribution in [0.25, 0.3) is 0 Å². The van der Waals surface area contributed by atoms with Crippen LogP contribution in [-0.4, -0.2) is 17.8 Å². The number of rotatable bonds is 2. The Morgan fingerprint density at radius 3 is 2.24 bits per heavy atom. The molecule has 1 aliphatic heterocycles. The fourth-order valence-corrected chi connectivity index (χ4v) is 3.63. The second-order valence-electron chi connectivity index (χ2n) is 5.46. The minimum absolute atomic E-state index is 0.0522. The number of fused-ring (bicyclic) bond motifs is 1. The number of hydrogen-bond donors (Lipinski definition) is 0. The second kappa shape index (κ2) is 5.26. The van der Waals surface area contributed by atoms with Gasteiger partial charge in [-0.15, -0.1) is 0 Å². The zero-order valence-electron chi connectivity index (χ0n) is 11.2. The summed E-state index contributed by atoms with van der Waals surface area (Å²) in [6.45, 7) is 0. The number of carbonyl (C=O) groups excluding carboxylic acids is 3. The quantitative estimate of drug-likeness (QED) is 0.757. The van der Waals surface area contributed by atoms with Crippen molar-refractivity contribution in [3.63, 3.8) is 0 Å². The van der Waals surface area contributed by atoms with E-state index in [2.05, 4.69) is 15.9 Å². The Bertz CT molecular complexity index is 619. The van der Waals surface area contributed by atoms with Crippen molar-refractivity contribution in [1.82, 2.24) is 0 Å². The molecule has 0 spiro atoms. The van der Waals surface area contributed by atoms with Crippen LogP contribution in [-0.2, 0) is 9.59 Å².